The van der Waals surface area contributed by atoms with Crippen molar-refractivity contribution in [3.8, 4) is 11.1 Å². The van der Waals surface area contributed by atoms with Gasteiger partial charge in [0, 0.05) is 42.5 Å². The Morgan fingerprint density at radius 1 is 1.07 bits per heavy atom. The van der Waals surface area contributed by atoms with E-state index in [1.54, 1.807) is 17.0 Å². The number of carbonyl (C=O) groups is 1. The van der Waals surface area contributed by atoms with E-state index in [-0.39, 0.29) is 24.3 Å². The minimum absolute atomic E-state index is 0.0898. The Morgan fingerprint density at radius 3 is 2.26 bits per heavy atom. The molecule has 0 bridgehead atoms. The van der Waals surface area contributed by atoms with Crippen molar-refractivity contribution >= 4 is 17.7 Å². The molecular weight excluding hydrogens is 378 g/mol. The Bertz CT molecular complexity index is 817. The highest BCUT2D eigenvalue weighted by Gasteiger charge is 2.42. The van der Waals surface area contributed by atoms with Gasteiger partial charge < -0.3 is 4.90 Å². The smallest absolute Gasteiger partial charge is 0.301 e. The summed E-state index contributed by atoms with van der Waals surface area (Å²) in [5.41, 5.74) is 0.714. The quantitative estimate of drug-likeness (QED) is 0.496. The third-order valence-corrected chi connectivity index (χ3v) is 5.88. The summed E-state index contributed by atoms with van der Waals surface area (Å²) in [6.45, 7) is 2.14. The van der Waals surface area contributed by atoms with Gasteiger partial charge in [-0.3, -0.25) is 4.79 Å². The van der Waals surface area contributed by atoms with Gasteiger partial charge in [0.15, 0.2) is 0 Å². The fourth-order valence-electron chi connectivity index (χ4n) is 3.20. The third-order valence-electron chi connectivity index (χ3n) is 4.77. The van der Waals surface area contributed by atoms with Crippen molar-refractivity contribution in [1.29, 1.82) is 0 Å². The maximum Gasteiger partial charge on any atom is 0.301 e. The van der Waals surface area contributed by atoms with Crippen LogP contribution in [0, 0.1) is 17.6 Å². The number of likely N-dealkylation sites (tertiary alicyclic amines) is 1. The van der Waals surface area contributed by atoms with Crippen LogP contribution >= 0.6 is 11.8 Å². The van der Waals surface area contributed by atoms with E-state index in [2.05, 4.69) is 0 Å². The number of thioether (sulfide) groups is 1. The molecule has 7 heteroatoms. The Balaban J connectivity index is 1.68. The van der Waals surface area contributed by atoms with Gasteiger partial charge in [0.05, 0.1) is 0 Å². The standard InChI is InChI=1S/C20H19F4NOS/c1-13(26)25-10-8-15(9-11-25)20(23,24)27-17-5-2-14(3-6-17)18-7-4-16(21)12-19(18)22/h2-7,12,15H,8-11H2,1H3. The number of carbonyl (C=O) groups excluding carboxylic acids is 1. The second kappa shape index (κ2) is 7.92. The van der Waals surface area contributed by atoms with Crippen molar-refractivity contribution < 1.29 is 22.4 Å². The van der Waals surface area contributed by atoms with Gasteiger partial charge in [0.1, 0.15) is 11.6 Å². The lowest BCUT2D eigenvalue weighted by Crippen LogP contribution is -2.41. The van der Waals surface area contributed by atoms with E-state index in [1.807, 2.05) is 0 Å². The van der Waals surface area contributed by atoms with Crippen LogP contribution in [0.15, 0.2) is 47.4 Å². The van der Waals surface area contributed by atoms with E-state index in [9.17, 15) is 22.4 Å². The molecule has 0 N–H and O–H groups in total. The second-order valence-electron chi connectivity index (χ2n) is 6.59. The van der Waals surface area contributed by atoms with E-state index in [0.29, 0.717) is 35.3 Å². The van der Waals surface area contributed by atoms with Crippen LogP contribution in [-0.4, -0.2) is 29.2 Å². The lowest BCUT2D eigenvalue weighted by atomic mass is 9.97. The van der Waals surface area contributed by atoms with Crippen LogP contribution in [0.25, 0.3) is 11.1 Å². The van der Waals surface area contributed by atoms with Crippen molar-refractivity contribution in [1.82, 2.24) is 4.90 Å². The van der Waals surface area contributed by atoms with Gasteiger partial charge in [-0.25, -0.2) is 8.78 Å². The molecule has 0 atom stereocenters. The molecule has 1 saturated heterocycles. The summed E-state index contributed by atoms with van der Waals surface area (Å²) in [6.07, 6.45) is 0.525. The van der Waals surface area contributed by atoms with Crippen molar-refractivity contribution in [2.75, 3.05) is 13.1 Å². The molecule has 0 radical (unpaired) electrons. The zero-order valence-corrected chi connectivity index (χ0v) is 15.5. The Kier molecular flexibility index (Phi) is 5.79. The largest absolute Gasteiger partial charge is 0.343 e. The molecule has 1 fully saturated rings. The number of piperidine rings is 1. The van der Waals surface area contributed by atoms with Crippen molar-refractivity contribution in [2.45, 2.75) is 29.9 Å². The molecule has 2 aromatic carbocycles. The Hall–Kier alpha value is -2.02. The van der Waals surface area contributed by atoms with Gasteiger partial charge in [-0.15, -0.1) is 0 Å². The highest BCUT2D eigenvalue weighted by Crippen LogP contribution is 2.45. The summed E-state index contributed by atoms with van der Waals surface area (Å²) in [4.78, 5) is 13.3. The first kappa shape index (κ1) is 19.7. The molecule has 2 aromatic rings. The van der Waals surface area contributed by atoms with Crippen LogP contribution in [0.4, 0.5) is 17.6 Å². The van der Waals surface area contributed by atoms with Gasteiger partial charge in [0.25, 0.3) is 0 Å². The molecule has 1 amide bonds. The van der Waals surface area contributed by atoms with Gasteiger partial charge in [-0.1, -0.05) is 23.9 Å². The van der Waals surface area contributed by atoms with Gasteiger partial charge in [-0.05, 0) is 42.7 Å². The molecule has 144 valence electrons. The first-order chi connectivity index (χ1) is 12.8. The molecule has 1 aliphatic heterocycles. The summed E-state index contributed by atoms with van der Waals surface area (Å²) in [5, 5.41) is -2.95. The average molecular weight is 397 g/mol. The highest BCUT2D eigenvalue weighted by molar-refractivity contribution is 8.00. The number of hydrogen-bond donors (Lipinski definition) is 0. The van der Waals surface area contributed by atoms with Crippen molar-refractivity contribution in [3.63, 3.8) is 0 Å². The SMILES string of the molecule is CC(=O)N1CCC(C(F)(F)Sc2ccc(-c3ccc(F)cc3F)cc2)CC1. The van der Waals surface area contributed by atoms with Crippen LogP contribution in [0.3, 0.4) is 0 Å². The topological polar surface area (TPSA) is 20.3 Å². The van der Waals surface area contributed by atoms with Crippen LogP contribution < -0.4 is 0 Å². The predicted octanol–water partition coefficient (Wildman–Crippen LogP) is 5.58. The highest BCUT2D eigenvalue weighted by atomic mass is 32.2. The fourth-order valence-corrected chi connectivity index (χ4v) is 4.19. The van der Waals surface area contributed by atoms with Crippen molar-refractivity contribution in [2.24, 2.45) is 5.92 Å². The van der Waals surface area contributed by atoms with Crippen molar-refractivity contribution in [3.05, 3.63) is 54.1 Å². The van der Waals surface area contributed by atoms with E-state index in [0.717, 1.165) is 12.1 Å². The number of amides is 1. The van der Waals surface area contributed by atoms with E-state index in [1.165, 1.54) is 25.1 Å². The van der Waals surface area contributed by atoms with Gasteiger partial charge in [-0.2, -0.15) is 8.78 Å². The average Bonchev–Trinajstić information content (AvgIpc) is 2.62. The fraction of sp³-hybridized carbons (Fsp3) is 0.350. The molecule has 1 heterocycles. The maximum atomic E-state index is 14.6. The van der Waals surface area contributed by atoms with E-state index in [4.69, 9.17) is 0 Å². The third kappa shape index (κ3) is 4.64. The van der Waals surface area contributed by atoms with Gasteiger partial charge >= 0.3 is 5.25 Å². The molecule has 3 rings (SSSR count). The monoisotopic (exact) mass is 397 g/mol. The zero-order valence-electron chi connectivity index (χ0n) is 14.7. The first-order valence-electron chi connectivity index (χ1n) is 8.64. The molecule has 27 heavy (non-hydrogen) atoms. The predicted molar refractivity (Wildman–Crippen MR) is 97.6 cm³/mol. The number of alkyl halides is 2. The van der Waals surface area contributed by atoms with Crippen LogP contribution in [0.5, 0.6) is 0 Å². The zero-order chi connectivity index (χ0) is 19.6. The molecule has 1 aliphatic rings. The lowest BCUT2D eigenvalue weighted by molar-refractivity contribution is -0.131. The summed E-state index contributed by atoms with van der Waals surface area (Å²) >= 11 is 0.482. The van der Waals surface area contributed by atoms with Crippen LogP contribution in [-0.2, 0) is 4.79 Å². The van der Waals surface area contributed by atoms with E-state index < -0.39 is 22.8 Å². The summed E-state index contributed by atoms with van der Waals surface area (Å²) in [5.74, 6) is -2.25. The second-order valence-corrected chi connectivity index (χ2v) is 7.81. The summed E-state index contributed by atoms with van der Waals surface area (Å²) in [6, 6.07) is 9.40. The molecule has 0 spiro atoms. The molecule has 0 unspecified atom stereocenters. The van der Waals surface area contributed by atoms with Gasteiger partial charge in [0.2, 0.25) is 5.91 Å². The summed E-state index contributed by atoms with van der Waals surface area (Å²) in [7, 11) is 0. The number of nitrogens with zero attached hydrogens (tertiary/aromatic N) is 1. The summed E-state index contributed by atoms with van der Waals surface area (Å²) < 4.78 is 56.1. The van der Waals surface area contributed by atoms with Crippen LogP contribution in [0.1, 0.15) is 19.8 Å². The number of rotatable bonds is 4. The minimum atomic E-state index is -2.95. The molecule has 0 saturated carbocycles. The van der Waals surface area contributed by atoms with Crippen LogP contribution in [0.2, 0.25) is 0 Å². The minimum Gasteiger partial charge on any atom is -0.343 e. The molecule has 2 nitrogen and oxygen atoms in total. The Morgan fingerprint density at radius 2 is 1.70 bits per heavy atom. The molecular formula is C20H19F4NOS. The number of benzene rings is 2. The normalized spacial score (nSPS) is 15.8. The molecule has 0 aromatic heterocycles. The number of hydrogen-bond acceptors (Lipinski definition) is 2. The maximum absolute atomic E-state index is 14.6. The lowest BCUT2D eigenvalue weighted by Gasteiger charge is -2.35. The van der Waals surface area contributed by atoms with E-state index >= 15 is 0 Å². The number of halogens is 4. The first-order valence-corrected chi connectivity index (χ1v) is 9.46. The molecule has 0 aliphatic carbocycles. The Labute approximate surface area is 159 Å².